The number of benzene rings is 2. The van der Waals surface area contributed by atoms with Crippen LogP contribution in [-0.2, 0) is 0 Å². The number of nitrogens with one attached hydrogen (secondary N) is 1. The highest BCUT2D eigenvalue weighted by Gasteiger charge is 2.17. The van der Waals surface area contributed by atoms with Crippen molar-refractivity contribution in [2.45, 2.75) is 26.8 Å². The summed E-state index contributed by atoms with van der Waals surface area (Å²) in [5, 5.41) is 9.24. The predicted molar refractivity (Wildman–Crippen MR) is 103 cm³/mol. The average molecular weight is 348 g/mol. The third-order valence-electron chi connectivity index (χ3n) is 3.95. The Kier molecular flexibility index (Phi) is 4.93. The van der Waals surface area contributed by atoms with E-state index in [-0.39, 0.29) is 17.3 Å². The summed E-state index contributed by atoms with van der Waals surface area (Å²) >= 11 is 0. The van der Waals surface area contributed by atoms with Crippen LogP contribution in [0.4, 0.5) is 0 Å². The van der Waals surface area contributed by atoms with Gasteiger partial charge in [0.1, 0.15) is 0 Å². The molecule has 1 aromatic heterocycles. The zero-order valence-corrected chi connectivity index (χ0v) is 14.9. The summed E-state index contributed by atoms with van der Waals surface area (Å²) < 4.78 is 1.32. The Morgan fingerprint density at radius 2 is 1.88 bits per heavy atom. The number of hydrogen-bond donors (Lipinski definition) is 1. The highest BCUT2D eigenvalue weighted by atomic mass is 16.2. The molecule has 0 spiro atoms. The fraction of sp³-hybridized carbons (Fsp3) is 0.200. The molecule has 3 rings (SSSR count). The van der Waals surface area contributed by atoms with Crippen LogP contribution in [0.25, 0.3) is 10.8 Å². The number of hydrogen-bond acceptors (Lipinski definition) is 4. The van der Waals surface area contributed by atoms with Crippen molar-refractivity contribution in [2.24, 2.45) is 5.10 Å². The van der Waals surface area contributed by atoms with Crippen LogP contribution in [0.2, 0.25) is 0 Å². The van der Waals surface area contributed by atoms with E-state index in [1.807, 2.05) is 45.0 Å². The fourth-order valence-corrected chi connectivity index (χ4v) is 2.69. The zero-order valence-electron chi connectivity index (χ0n) is 14.9. The summed E-state index contributed by atoms with van der Waals surface area (Å²) in [5.41, 5.74) is 4.45. The molecule has 3 aromatic rings. The first-order chi connectivity index (χ1) is 12.5. The summed E-state index contributed by atoms with van der Waals surface area (Å²) in [5.74, 6) is -0.459. The standard InChI is InChI=1S/C20H20N4O2/c1-13(2)24-20(26)17-10-5-4-9-16(17)18(23-24)19(25)22-21-12-15-8-6-7-14(3)11-15/h4-13H,1-3H3,(H,22,25)/b21-12-. The number of aromatic nitrogens is 2. The second-order valence-corrected chi connectivity index (χ2v) is 6.35. The van der Waals surface area contributed by atoms with Gasteiger partial charge in [-0.05, 0) is 32.4 Å². The van der Waals surface area contributed by atoms with Gasteiger partial charge < -0.3 is 0 Å². The predicted octanol–water partition coefficient (Wildman–Crippen LogP) is 3.05. The SMILES string of the molecule is Cc1cccc(/C=N\NC(=O)c2nn(C(C)C)c(=O)c3ccccc23)c1. The molecule has 26 heavy (non-hydrogen) atoms. The quantitative estimate of drug-likeness (QED) is 0.581. The fourth-order valence-electron chi connectivity index (χ4n) is 2.69. The van der Waals surface area contributed by atoms with E-state index in [2.05, 4.69) is 15.6 Å². The smallest absolute Gasteiger partial charge is 0.267 e. The number of aryl methyl sites for hydroxylation is 1. The topological polar surface area (TPSA) is 76.3 Å². The Morgan fingerprint density at radius 1 is 1.15 bits per heavy atom. The van der Waals surface area contributed by atoms with E-state index >= 15 is 0 Å². The van der Waals surface area contributed by atoms with Crippen molar-refractivity contribution in [3.05, 3.63) is 75.7 Å². The highest BCUT2D eigenvalue weighted by Crippen LogP contribution is 2.14. The summed E-state index contributed by atoms with van der Waals surface area (Å²) in [6, 6.07) is 14.6. The van der Waals surface area contributed by atoms with Gasteiger partial charge in [-0.1, -0.05) is 48.0 Å². The van der Waals surface area contributed by atoms with E-state index in [1.54, 1.807) is 30.5 Å². The number of fused-ring (bicyclic) bond motifs is 1. The molecule has 2 aromatic carbocycles. The van der Waals surface area contributed by atoms with Crippen molar-refractivity contribution in [3.8, 4) is 0 Å². The van der Waals surface area contributed by atoms with Gasteiger partial charge in [0.05, 0.1) is 17.6 Å². The molecule has 0 aliphatic carbocycles. The van der Waals surface area contributed by atoms with Gasteiger partial charge in [0.15, 0.2) is 5.69 Å². The van der Waals surface area contributed by atoms with Crippen LogP contribution >= 0.6 is 0 Å². The van der Waals surface area contributed by atoms with Crippen LogP contribution in [-0.4, -0.2) is 21.9 Å². The average Bonchev–Trinajstić information content (AvgIpc) is 2.62. The largest absolute Gasteiger partial charge is 0.292 e. The third kappa shape index (κ3) is 3.54. The number of rotatable bonds is 4. The van der Waals surface area contributed by atoms with E-state index < -0.39 is 5.91 Å². The number of carbonyl (C=O) groups excluding carboxylic acids is 1. The first-order valence-electron chi connectivity index (χ1n) is 8.39. The highest BCUT2D eigenvalue weighted by molar-refractivity contribution is 6.04. The Balaban J connectivity index is 1.95. The Morgan fingerprint density at radius 3 is 2.58 bits per heavy atom. The molecular weight excluding hydrogens is 328 g/mol. The van der Waals surface area contributed by atoms with E-state index in [4.69, 9.17) is 0 Å². The molecule has 6 heteroatoms. The van der Waals surface area contributed by atoms with Gasteiger partial charge in [0.25, 0.3) is 11.5 Å². The first kappa shape index (κ1) is 17.5. The molecule has 1 N–H and O–H groups in total. The second-order valence-electron chi connectivity index (χ2n) is 6.35. The van der Waals surface area contributed by atoms with E-state index in [0.717, 1.165) is 11.1 Å². The Labute approximate surface area is 151 Å². The van der Waals surface area contributed by atoms with E-state index in [0.29, 0.717) is 10.8 Å². The number of nitrogens with zero attached hydrogens (tertiary/aromatic N) is 3. The number of hydrazone groups is 1. The van der Waals surface area contributed by atoms with Crippen molar-refractivity contribution < 1.29 is 4.79 Å². The van der Waals surface area contributed by atoms with Gasteiger partial charge in [-0.2, -0.15) is 10.2 Å². The molecular formula is C20H20N4O2. The van der Waals surface area contributed by atoms with Gasteiger partial charge >= 0.3 is 0 Å². The molecule has 1 heterocycles. The lowest BCUT2D eigenvalue weighted by atomic mass is 10.1. The molecule has 0 atom stereocenters. The maximum absolute atomic E-state index is 12.6. The van der Waals surface area contributed by atoms with Crippen LogP contribution in [0, 0.1) is 6.92 Å². The van der Waals surface area contributed by atoms with Gasteiger partial charge in [0.2, 0.25) is 0 Å². The molecule has 0 bridgehead atoms. The monoisotopic (exact) mass is 348 g/mol. The van der Waals surface area contributed by atoms with Crippen LogP contribution in [0.1, 0.15) is 41.5 Å². The molecule has 132 valence electrons. The minimum atomic E-state index is -0.459. The van der Waals surface area contributed by atoms with Gasteiger partial charge in [-0.25, -0.2) is 10.1 Å². The number of carbonyl (C=O) groups is 1. The second kappa shape index (κ2) is 7.31. The molecule has 0 fully saturated rings. The van der Waals surface area contributed by atoms with Gasteiger partial charge in [-0.3, -0.25) is 9.59 Å². The maximum atomic E-state index is 12.6. The number of amides is 1. The lowest BCUT2D eigenvalue weighted by molar-refractivity contribution is 0.0949. The maximum Gasteiger partial charge on any atom is 0.292 e. The van der Waals surface area contributed by atoms with Crippen LogP contribution in [0.15, 0.2) is 58.4 Å². The van der Waals surface area contributed by atoms with Crippen LogP contribution < -0.4 is 11.0 Å². The summed E-state index contributed by atoms with van der Waals surface area (Å²) in [6.45, 7) is 5.68. The Bertz CT molecular complexity index is 1050. The van der Waals surface area contributed by atoms with Gasteiger partial charge in [-0.15, -0.1) is 0 Å². The van der Waals surface area contributed by atoms with Crippen molar-refractivity contribution in [1.82, 2.24) is 15.2 Å². The zero-order chi connectivity index (χ0) is 18.7. The molecule has 0 aliphatic heterocycles. The lowest BCUT2D eigenvalue weighted by Crippen LogP contribution is -2.30. The normalized spacial score (nSPS) is 11.4. The van der Waals surface area contributed by atoms with Crippen molar-refractivity contribution >= 4 is 22.9 Å². The minimum absolute atomic E-state index is 0.158. The summed E-state index contributed by atoms with van der Waals surface area (Å²) in [4.78, 5) is 25.1. The van der Waals surface area contributed by atoms with Crippen molar-refractivity contribution in [3.63, 3.8) is 0 Å². The van der Waals surface area contributed by atoms with Gasteiger partial charge in [0, 0.05) is 5.39 Å². The summed E-state index contributed by atoms with van der Waals surface area (Å²) in [7, 11) is 0. The molecule has 6 nitrogen and oxygen atoms in total. The van der Waals surface area contributed by atoms with Crippen LogP contribution in [0.5, 0.6) is 0 Å². The minimum Gasteiger partial charge on any atom is -0.267 e. The van der Waals surface area contributed by atoms with Crippen molar-refractivity contribution in [2.75, 3.05) is 0 Å². The summed E-state index contributed by atoms with van der Waals surface area (Å²) in [6.07, 6.45) is 1.57. The first-order valence-corrected chi connectivity index (χ1v) is 8.39. The molecule has 0 unspecified atom stereocenters. The molecule has 0 saturated heterocycles. The van der Waals surface area contributed by atoms with Crippen molar-refractivity contribution in [1.29, 1.82) is 0 Å². The lowest BCUT2D eigenvalue weighted by Gasteiger charge is -2.12. The third-order valence-corrected chi connectivity index (χ3v) is 3.95. The van der Waals surface area contributed by atoms with E-state index in [9.17, 15) is 9.59 Å². The Hall–Kier alpha value is -3.28. The molecule has 0 aliphatic rings. The molecule has 0 radical (unpaired) electrons. The van der Waals surface area contributed by atoms with E-state index in [1.165, 1.54) is 4.68 Å². The van der Waals surface area contributed by atoms with Crippen LogP contribution in [0.3, 0.4) is 0 Å². The molecule has 0 saturated carbocycles. The molecule has 1 amide bonds.